The zero-order valence-corrected chi connectivity index (χ0v) is 13.1. The van der Waals surface area contributed by atoms with Gasteiger partial charge in [-0.15, -0.1) is 11.3 Å². The van der Waals surface area contributed by atoms with E-state index in [9.17, 15) is 0 Å². The van der Waals surface area contributed by atoms with E-state index in [0.717, 1.165) is 49.4 Å². The summed E-state index contributed by atoms with van der Waals surface area (Å²) in [6, 6.07) is 0. The van der Waals surface area contributed by atoms with Crippen LogP contribution < -0.4 is 10.6 Å². The monoisotopic (exact) mass is 284 g/mol. The summed E-state index contributed by atoms with van der Waals surface area (Å²) < 4.78 is 5.29. The maximum Gasteiger partial charge on any atom is 0.191 e. The van der Waals surface area contributed by atoms with E-state index >= 15 is 0 Å². The molecule has 0 aliphatic heterocycles. The van der Waals surface area contributed by atoms with Crippen molar-refractivity contribution in [2.24, 2.45) is 4.99 Å². The summed E-state index contributed by atoms with van der Waals surface area (Å²) in [6.45, 7) is 9.27. The molecule has 1 aromatic rings. The highest BCUT2D eigenvalue weighted by Crippen LogP contribution is 2.16. The zero-order chi connectivity index (χ0) is 14.1. The average Bonchev–Trinajstić information content (AvgIpc) is 2.71. The number of hydrogen-bond acceptors (Lipinski definition) is 4. The van der Waals surface area contributed by atoms with E-state index in [2.05, 4.69) is 20.6 Å². The molecule has 0 unspecified atom stereocenters. The van der Waals surface area contributed by atoms with Gasteiger partial charge in [-0.1, -0.05) is 0 Å². The Morgan fingerprint density at radius 2 is 2.16 bits per heavy atom. The fourth-order valence-corrected chi connectivity index (χ4v) is 2.52. The molecule has 1 rings (SSSR count). The first-order valence-electron chi connectivity index (χ1n) is 6.62. The lowest BCUT2D eigenvalue weighted by molar-refractivity contribution is 0.145. The molecule has 0 bridgehead atoms. The predicted octanol–water partition coefficient (Wildman–Crippen LogP) is 1.85. The number of rotatable bonds is 7. The number of aromatic nitrogens is 1. The van der Waals surface area contributed by atoms with Gasteiger partial charge in [-0.25, -0.2) is 4.98 Å². The maximum atomic E-state index is 5.29. The molecule has 0 atom stereocenters. The second kappa shape index (κ2) is 8.87. The van der Waals surface area contributed by atoms with Crippen molar-refractivity contribution >= 4 is 17.3 Å². The highest BCUT2D eigenvalue weighted by molar-refractivity contribution is 7.11. The first kappa shape index (κ1) is 15.9. The fraction of sp³-hybridized carbons (Fsp3) is 0.692. The minimum absolute atomic E-state index is 0.766. The molecule has 0 aliphatic carbocycles. The number of guanidine groups is 1. The Labute approximate surface area is 119 Å². The minimum Gasteiger partial charge on any atom is -0.382 e. The van der Waals surface area contributed by atoms with E-state index in [4.69, 9.17) is 4.74 Å². The third-order valence-electron chi connectivity index (χ3n) is 2.60. The topological polar surface area (TPSA) is 58.5 Å². The highest BCUT2D eigenvalue weighted by atomic mass is 32.1. The Kier molecular flexibility index (Phi) is 7.43. The van der Waals surface area contributed by atoms with Gasteiger partial charge in [-0.3, -0.25) is 4.99 Å². The number of ether oxygens (including phenoxy) is 1. The first-order valence-corrected chi connectivity index (χ1v) is 7.44. The summed E-state index contributed by atoms with van der Waals surface area (Å²) in [7, 11) is 1.78. The number of nitrogens with one attached hydrogen (secondary N) is 2. The highest BCUT2D eigenvalue weighted by Gasteiger charge is 2.05. The normalized spacial score (nSPS) is 11.7. The smallest absolute Gasteiger partial charge is 0.191 e. The molecule has 0 fully saturated rings. The molecule has 19 heavy (non-hydrogen) atoms. The van der Waals surface area contributed by atoms with Crippen LogP contribution in [-0.4, -0.2) is 37.7 Å². The molecule has 0 aromatic carbocycles. The first-order chi connectivity index (χ1) is 9.17. The van der Waals surface area contributed by atoms with Gasteiger partial charge in [-0.05, 0) is 27.2 Å². The standard InChI is InChI=1S/C13H24N4OS/c1-5-18-8-6-7-15-13(14-4)16-9-12-10(2)17-11(3)19-12/h5-9H2,1-4H3,(H2,14,15,16). The van der Waals surface area contributed by atoms with Crippen molar-refractivity contribution in [2.75, 3.05) is 26.8 Å². The SMILES string of the molecule is CCOCCCNC(=NC)NCc1sc(C)nc1C. The largest absolute Gasteiger partial charge is 0.382 e. The van der Waals surface area contributed by atoms with Crippen molar-refractivity contribution in [3.8, 4) is 0 Å². The van der Waals surface area contributed by atoms with Crippen LogP contribution in [0.3, 0.4) is 0 Å². The van der Waals surface area contributed by atoms with E-state index < -0.39 is 0 Å². The van der Waals surface area contributed by atoms with Gasteiger partial charge in [0.2, 0.25) is 0 Å². The summed E-state index contributed by atoms with van der Waals surface area (Å²) in [4.78, 5) is 9.87. The summed E-state index contributed by atoms with van der Waals surface area (Å²) in [6.07, 6.45) is 0.979. The van der Waals surface area contributed by atoms with Gasteiger partial charge in [0.05, 0.1) is 17.2 Å². The van der Waals surface area contributed by atoms with Crippen molar-refractivity contribution in [2.45, 2.75) is 33.7 Å². The second-order valence-electron chi connectivity index (χ2n) is 4.14. The molecule has 5 nitrogen and oxygen atoms in total. The van der Waals surface area contributed by atoms with Gasteiger partial charge in [0, 0.05) is 31.7 Å². The van der Waals surface area contributed by atoms with Crippen molar-refractivity contribution in [3.05, 3.63) is 15.6 Å². The van der Waals surface area contributed by atoms with Crippen LogP contribution in [-0.2, 0) is 11.3 Å². The van der Waals surface area contributed by atoms with Gasteiger partial charge in [0.25, 0.3) is 0 Å². The molecular formula is C13H24N4OS. The molecule has 0 radical (unpaired) electrons. The second-order valence-corrected chi connectivity index (χ2v) is 5.43. The molecule has 1 heterocycles. The van der Waals surface area contributed by atoms with E-state index in [1.54, 1.807) is 18.4 Å². The van der Waals surface area contributed by atoms with Crippen molar-refractivity contribution in [3.63, 3.8) is 0 Å². The third-order valence-corrected chi connectivity index (χ3v) is 3.67. The molecule has 0 saturated carbocycles. The van der Waals surface area contributed by atoms with Crippen LogP contribution in [0.15, 0.2) is 4.99 Å². The summed E-state index contributed by atoms with van der Waals surface area (Å²) in [5, 5.41) is 7.67. The number of aliphatic imine (C=N–C) groups is 1. The van der Waals surface area contributed by atoms with Crippen LogP contribution >= 0.6 is 11.3 Å². The Morgan fingerprint density at radius 3 is 2.74 bits per heavy atom. The summed E-state index contributed by atoms with van der Waals surface area (Å²) in [5.41, 5.74) is 1.10. The van der Waals surface area contributed by atoms with Gasteiger partial charge in [0.1, 0.15) is 0 Å². The van der Waals surface area contributed by atoms with E-state index in [0.29, 0.717) is 0 Å². The molecule has 0 saturated heterocycles. The summed E-state index contributed by atoms with van der Waals surface area (Å²) >= 11 is 1.73. The molecule has 1 aromatic heterocycles. The lowest BCUT2D eigenvalue weighted by Crippen LogP contribution is -2.37. The molecule has 2 N–H and O–H groups in total. The Morgan fingerprint density at radius 1 is 1.37 bits per heavy atom. The number of thiazole rings is 1. The number of aryl methyl sites for hydroxylation is 2. The van der Waals surface area contributed by atoms with Gasteiger partial charge < -0.3 is 15.4 Å². The fourth-order valence-electron chi connectivity index (χ4n) is 1.65. The number of hydrogen-bond donors (Lipinski definition) is 2. The predicted molar refractivity (Wildman–Crippen MR) is 80.9 cm³/mol. The lowest BCUT2D eigenvalue weighted by atomic mass is 10.4. The Bertz CT molecular complexity index is 403. The van der Waals surface area contributed by atoms with E-state index in [1.165, 1.54) is 4.88 Å². The van der Waals surface area contributed by atoms with Crippen LogP contribution in [0.4, 0.5) is 0 Å². The van der Waals surface area contributed by atoms with E-state index in [-0.39, 0.29) is 0 Å². The minimum atomic E-state index is 0.766. The number of nitrogens with zero attached hydrogens (tertiary/aromatic N) is 2. The zero-order valence-electron chi connectivity index (χ0n) is 12.2. The van der Waals surface area contributed by atoms with Crippen molar-refractivity contribution in [1.82, 2.24) is 15.6 Å². The van der Waals surface area contributed by atoms with Gasteiger partial charge in [0.15, 0.2) is 5.96 Å². The Balaban J connectivity index is 2.27. The summed E-state index contributed by atoms with van der Waals surface area (Å²) in [5.74, 6) is 0.821. The molecule has 0 spiro atoms. The van der Waals surface area contributed by atoms with Crippen molar-refractivity contribution < 1.29 is 4.74 Å². The molecule has 0 aliphatic rings. The van der Waals surface area contributed by atoms with Gasteiger partial charge >= 0.3 is 0 Å². The van der Waals surface area contributed by atoms with Crippen LogP contribution in [0.25, 0.3) is 0 Å². The van der Waals surface area contributed by atoms with Crippen LogP contribution in [0.5, 0.6) is 0 Å². The molecule has 6 heteroatoms. The van der Waals surface area contributed by atoms with Crippen LogP contribution in [0.1, 0.15) is 28.9 Å². The molecular weight excluding hydrogens is 260 g/mol. The van der Waals surface area contributed by atoms with Gasteiger partial charge in [-0.2, -0.15) is 0 Å². The van der Waals surface area contributed by atoms with Crippen LogP contribution in [0.2, 0.25) is 0 Å². The molecule has 108 valence electrons. The van der Waals surface area contributed by atoms with E-state index in [1.807, 2.05) is 20.8 Å². The lowest BCUT2D eigenvalue weighted by Gasteiger charge is -2.11. The maximum absolute atomic E-state index is 5.29. The average molecular weight is 284 g/mol. The molecule has 0 amide bonds. The quantitative estimate of drug-likeness (QED) is 0.456. The third kappa shape index (κ3) is 6.02. The van der Waals surface area contributed by atoms with Crippen LogP contribution in [0, 0.1) is 13.8 Å². The van der Waals surface area contributed by atoms with Crippen molar-refractivity contribution in [1.29, 1.82) is 0 Å². The Hall–Kier alpha value is -1.14.